The molecule has 3 rings (SSSR count). The van der Waals surface area contributed by atoms with Crippen LogP contribution in [0.1, 0.15) is 24.0 Å². The largest absolute Gasteiger partial charge is 0.481 e. The zero-order valence-corrected chi connectivity index (χ0v) is 13.1. The van der Waals surface area contributed by atoms with E-state index in [1.807, 2.05) is 0 Å². The molecule has 124 valence electrons. The van der Waals surface area contributed by atoms with Crippen LogP contribution in [0.25, 0.3) is 0 Å². The highest BCUT2D eigenvalue weighted by Crippen LogP contribution is 2.49. The molecule has 0 aliphatic heterocycles. The van der Waals surface area contributed by atoms with Crippen molar-refractivity contribution in [2.75, 3.05) is 5.32 Å². The summed E-state index contributed by atoms with van der Waals surface area (Å²) in [5, 5.41) is 11.7. The Morgan fingerprint density at radius 1 is 1.12 bits per heavy atom. The number of nitrogens with one attached hydrogen (secondary N) is 1. The van der Waals surface area contributed by atoms with Gasteiger partial charge in [-0.05, 0) is 48.6 Å². The van der Waals surface area contributed by atoms with Gasteiger partial charge in [0.25, 0.3) is 0 Å². The summed E-state index contributed by atoms with van der Waals surface area (Å²) in [6.45, 7) is 0. The first-order chi connectivity index (χ1) is 11.5. The Bertz CT molecular complexity index is 784. The zero-order chi connectivity index (χ0) is 17.2. The fourth-order valence-electron chi connectivity index (χ4n) is 2.84. The van der Waals surface area contributed by atoms with Gasteiger partial charge < -0.3 is 10.4 Å². The summed E-state index contributed by atoms with van der Waals surface area (Å²) in [5.74, 6) is -1.35. The first kappa shape index (κ1) is 16.2. The molecule has 2 aromatic carbocycles. The molecule has 1 aliphatic rings. The van der Waals surface area contributed by atoms with E-state index in [-0.39, 0.29) is 18.1 Å². The molecule has 1 amide bonds. The van der Waals surface area contributed by atoms with Crippen molar-refractivity contribution in [3.05, 3.63) is 65.5 Å². The van der Waals surface area contributed by atoms with Gasteiger partial charge in [0.05, 0.1) is 11.8 Å². The molecule has 1 saturated carbocycles. The third-order valence-corrected chi connectivity index (χ3v) is 4.36. The smallest absolute Gasteiger partial charge is 0.307 e. The molecule has 2 N–H and O–H groups in total. The van der Waals surface area contributed by atoms with Gasteiger partial charge in [-0.1, -0.05) is 30.3 Å². The van der Waals surface area contributed by atoms with Gasteiger partial charge >= 0.3 is 5.97 Å². The number of anilines is 1. The van der Waals surface area contributed by atoms with Crippen LogP contribution in [-0.2, 0) is 22.4 Å². The fourth-order valence-corrected chi connectivity index (χ4v) is 2.84. The molecule has 0 atom stereocenters. The molecule has 0 aromatic heterocycles. The van der Waals surface area contributed by atoms with E-state index in [4.69, 9.17) is 5.11 Å². The number of rotatable bonds is 6. The Labute approximate surface area is 139 Å². The molecule has 24 heavy (non-hydrogen) atoms. The number of carbonyl (C=O) groups excluding carboxylic acids is 1. The number of benzene rings is 2. The molecule has 1 fully saturated rings. The van der Waals surface area contributed by atoms with E-state index in [2.05, 4.69) is 5.32 Å². The molecule has 4 nitrogen and oxygen atoms in total. The second-order valence-corrected chi connectivity index (χ2v) is 6.27. The lowest BCUT2D eigenvalue weighted by molar-refractivity contribution is -0.136. The summed E-state index contributed by atoms with van der Waals surface area (Å²) in [6.07, 6.45) is 1.73. The van der Waals surface area contributed by atoms with Crippen LogP contribution in [0.5, 0.6) is 0 Å². The molecule has 0 radical (unpaired) electrons. The van der Waals surface area contributed by atoms with Crippen molar-refractivity contribution in [2.45, 2.75) is 25.7 Å². The number of carbonyl (C=O) groups is 2. The Balaban J connectivity index is 1.71. The number of carboxylic acid groups (broad SMARTS) is 1. The third-order valence-electron chi connectivity index (χ3n) is 4.36. The van der Waals surface area contributed by atoms with Crippen LogP contribution in [0.2, 0.25) is 0 Å². The first-order valence-corrected chi connectivity index (χ1v) is 7.84. The van der Waals surface area contributed by atoms with E-state index in [9.17, 15) is 14.0 Å². The van der Waals surface area contributed by atoms with Crippen LogP contribution in [0.15, 0.2) is 48.5 Å². The highest BCUT2D eigenvalue weighted by atomic mass is 19.1. The van der Waals surface area contributed by atoms with Crippen molar-refractivity contribution in [2.24, 2.45) is 5.41 Å². The molecule has 0 saturated heterocycles. The van der Waals surface area contributed by atoms with Crippen molar-refractivity contribution in [1.82, 2.24) is 0 Å². The van der Waals surface area contributed by atoms with Crippen molar-refractivity contribution >= 4 is 17.6 Å². The maximum absolute atomic E-state index is 13.8. The van der Waals surface area contributed by atoms with Gasteiger partial charge in [0.1, 0.15) is 5.82 Å². The van der Waals surface area contributed by atoms with E-state index >= 15 is 0 Å². The van der Waals surface area contributed by atoms with Crippen LogP contribution in [0.4, 0.5) is 10.1 Å². The van der Waals surface area contributed by atoms with Crippen molar-refractivity contribution < 1.29 is 19.1 Å². The van der Waals surface area contributed by atoms with Gasteiger partial charge in [-0.15, -0.1) is 0 Å². The highest BCUT2D eigenvalue weighted by molar-refractivity contribution is 5.97. The van der Waals surface area contributed by atoms with E-state index in [1.165, 1.54) is 6.07 Å². The molecule has 2 aromatic rings. The van der Waals surface area contributed by atoms with Crippen LogP contribution in [-0.4, -0.2) is 17.0 Å². The summed E-state index contributed by atoms with van der Waals surface area (Å²) in [7, 11) is 0. The molecule has 0 bridgehead atoms. The average molecular weight is 327 g/mol. The number of halogens is 1. The Morgan fingerprint density at radius 3 is 2.54 bits per heavy atom. The molecule has 0 spiro atoms. The average Bonchev–Trinajstić information content (AvgIpc) is 3.30. The normalized spacial score (nSPS) is 14.9. The van der Waals surface area contributed by atoms with E-state index in [0.29, 0.717) is 23.2 Å². The quantitative estimate of drug-likeness (QED) is 0.854. The number of hydrogen-bond donors (Lipinski definition) is 2. The number of aliphatic carboxylic acids is 1. The minimum atomic E-state index is -0.920. The van der Waals surface area contributed by atoms with Crippen LogP contribution < -0.4 is 5.32 Å². The van der Waals surface area contributed by atoms with Crippen molar-refractivity contribution in [3.63, 3.8) is 0 Å². The summed E-state index contributed by atoms with van der Waals surface area (Å²) in [5.41, 5.74) is 1.17. The van der Waals surface area contributed by atoms with Crippen molar-refractivity contribution in [1.29, 1.82) is 0 Å². The lowest BCUT2D eigenvalue weighted by Crippen LogP contribution is -2.26. The van der Waals surface area contributed by atoms with Gasteiger partial charge in [-0.3, -0.25) is 9.59 Å². The fraction of sp³-hybridized carbons (Fsp3) is 0.263. The summed E-state index contributed by atoms with van der Waals surface area (Å²) in [4.78, 5) is 23.4. The minimum Gasteiger partial charge on any atom is -0.481 e. The first-order valence-electron chi connectivity index (χ1n) is 7.84. The maximum atomic E-state index is 13.8. The molecule has 0 heterocycles. The Kier molecular flexibility index (Phi) is 4.34. The van der Waals surface area contributed by atoms with E-state index in [1.54, 1.807) is 42.5 Å². The minimum absolute atomic E-state index is 0.0932. The SMILES string of the molecule is O=C(O)Cc1cccc(NC(=O)C2(Cc3ccccc3F)CC2)c1. The van der Waals surface area contributed by atoms with E-state index in [0.717, 1.165) is 12.8 Å². The number of carboxylic acids is 1. The predicted molar refractivity (Wildman–Crippen MR) is 88.2 cm³/mol. The lowest BCUT2D eigenvalue weighted by atomic mass is 9.95. The second kappa shape index (κ2) is 6.43. The zero-order valence-electron chi connectivity index (χ0n) is 13.1. The maximum Gasteiger partial charge on any atom is 0.307 e. The van der Waals surface area contributed by atoms with Crippen molar-refractivity contribution in [3.8, 4) is 0 Å². The van der Waals surface area contributed by atoms with Gasteiger partial charge in [-0.2, -0.15) is 0 Å². The van der Waals surface area contributed by atoms with Gasteiger partial charge in [0.15, 0.2) is 0 Å². The number of amides is 1. The standard InChI is InChI=1S/C19H18FNO3/c20-16-7-2-1-5-14(16)12-19(8-9-19)18(24)21-15-6-3-4-13(10-15)11-17(22)23/h1-7,10H,8-9,11-12H2,(H,21,24)(H,22,23). The number of hydrogen-bond acceptors (Lipinski definition) is 2. The van der Waals surface area contributed by atoms with Crippen LogP contribution in [0.3, 0.4) is 0 Å². The molecular weight excluding hydrogens is 309 g/mol. The summed E-state index contributed by atoms with van der Waals surface area (Å²) in [6, 6.07) is 13.3. The Morgan fingerprint density at radius 2 is 1.88 bits per heavy atom. The topological polar surface area (TPSA) is 66.4 Å². The predicted octanol–water partition coefficient (Wildman–Crippen LogP) is 3.41. The molecule has 5 heteroatoms. The molecular formula is C19H18FNO3. The van der Waals surface area contributed by atoms with Crippen LogP contribution >= 0.6 is 0 Å². The molecule has 1 aliphatic carbocycles. The molecule has 0 unspecified atom stereocenters. The summed E-state index contributed by atoms with van der Waals surface area (Å²) < 4.78 is 13.8. The van der Waals surface area contributed by atoms with E-state index < -0.39 is 11.4 Å². The van der Waals surface area contributed by atoms with Gasteiger partial charge in [-0.25, -0.2) is 4.39 Å². The second-order valence-electron chi connectivity index (χ2n) is 6.27. The lowest BCUT2D eigenvalue weighted by Gasteiger charge is -2.16. The Hall–Kier alpha value is -2.69. The highest BCUT2D eigenvalue weighted by Gasteiger charge is 2.49. The monoisotopic (exact) mass is 327 g/mol. The van der Waals surface area contributed by atoms with Gasteiger partial charge in [0.2, 0.25) is 5.91 Å². The van der Waals surface area contributed by atoms with Crippen LogP contribution in [0, 0.1) is 11.2 Å². The third kappa shape index (κ3) is 3.62. The van der Waals surface area contributed by atoms with Gasteiger partial charge in [0, 0.05) is 5.69 Å². The summed E-state index contributed by atoms with van der Waals surface area (Å²) >= 11 is 0.